The first-order chi connectivity index (χ1) is 12.0. The van der Waals surface area contributed by atoms with Crippen LogP contribution in [0.4, 0.5) is 5.69 Å². The quantitative estimate of drug-likeness (QED) is 0.426. The Balaban J connectivity index is 1.96. The number of ether oxygens (including phenoxy) is 1. The molecule has 0 amide bonds. The molecule has 0 bridgehead atoms. The number of rotatable bonds is 2. The highest BCUT2D eigenvalue weighted by molar-refractivity contribution is 5.55. The zero-order valence-corrected chi connectivity index (χ0v) is 13.4. The zero-order chi connectivity index (χ0) is 17.7. The second-order valence-electron chi connectivity index (χ2n) is 5.82. The van der Waals surface area contributed by atoms with Crippen LogP contribution in [0.1, 0.15) is 34.1 Å². The van der Waals surface area contributed by atoms with Crippen LogP contribution in [0.2, 0.25) is 0 Å². The monoisotopic (exact) mass is 339 g/mol. The lowest BCUT2D eigenvalue weighted by Crippen LogP contribution is -2.24. The van der Waals surface area contributed by atoms with E-state index in [0.717, 1.165) is 16.8 Å². The standard InChI is InChI=1S/C16H13N5O4/c1-7-11-12(9-3-5-10(6-4-9)21(23)24)13-14(22)17-8(2)18-15(13)25-16(11)20-19-7/h3-6,12H,1-2H3,(H,19,20)(H,17,18,22). The molecule has 126 valence electrons. The predicted octanol–water partition coefficient (Wildman–Crippen LogP) is 2.30. The van der Waals surface area contributed by atoms with Gasteiger partial charge in [0.2, 0.25) is 11.8 Å². The highest BCUT2D eigenvalue weighted by Gasteiger charge is 2.36. The number of benzene rings is 1. The molecule has 9 nitrogen and oxygen atoms in total. The maximum absolute atomic E-state index is 12.6. The molecule has 1 unspecified atom stereocenters. The Morgan fingerprint density at radius 1 is 1.16 bits per heavy atom. The zero-order valence-electron chi connectivity index (χ0n) is 13.4. The molecular formula is C16H13N5O4. The van der Waals surface area contributed by atoms with E-state index in [1.54, 1.807) is 19.1 Å². The van der Waals surface area contributed by atoms with Crippen molar-refractivity contribution in [2.24, 2.45) is 0 Å². The van der Waals surface area contributed by atoms with Crippen molar-refractivity contribution in [3.05, 3.63) is 72.9 Å². The minimum absolute atomic E-state index is 0.0175. The number of fused-ring (bicyclic) bond motifs is 2. The third kappa shape index (κ3) is 2.28. The van der Waals surface area contributed by atoms with E-state index in [0.29, 0.717) is 17.3 Å². The highest BCUT2D eigenvalue weighted by Crippen LogP contribution is 2.45. The lowest BCUT2D eigenvalue weighted by Gasteiger charge is -2.24. The first kappa shape index (κ1) is 15.1. The number of hydrogen-bond acceptors (Lipinski definition) is 6. The van der Waals surface area contributed by atoms with Crippen LogP contribution < -0.4 is 10.3 Å². The normalized spacial score (nSPS) is 15.2. The molecule has 9 heteroatoms. The predicted molar refractivity (Wildman–Crippen MR) is 87.0 cm³/mol. The third-order valence-corrected chi connectivity index (χ3v) is 4.21. The molecule has 0 radical (unpaired) electrons. The fraction of sp³-hybridized carbons (Fsp3) is 0.188. The Labute approximate surface area is 140 Å². The summed E-state index contributed by atoms with van der Waals surface area (Å²) < 4.78 is 5.69. The molecular weight excluding hydrogens is 326 g/mol. The van der Waals surface area contributed by atoms with Crippen LogP contribution in [-0.2, 0) is 0 Å². The fourth-order valence-electron chi connectivity index (χ4n) is 3.09. The molecule has 3 heterocycles. The molecule has 1 atom stereocenters. The van der Waals surface area contributed by atoms with Gasteiger partial charge in [-0.1, -0.05) is 12.1 Å². The number of nitro benzene ring substituents is 1. The number of nitro groups is 1. The molecule has 0 aliphatic carbocycles. The molecule has 2 aromatic heterocycles. The summed E-state index contributed by atoms with van der Waals surface area (Å²) in [5, 5.41) is 17.9. The van der Waals surface area contributed by atoms with Crippen LogP contribution in [0, 0.1) is 24.0 Å². The van der Waals surface area contributed by atoms with Gasteiger partial charge >= 0.3 is 0 Å². The van der Waals surface area contributed by atoms with E-state index in [1.807, 2.05) is 6.92 Å². The number of aromatic nitrogens is 4. The summed E-state index contributed by atoms with van der Waals surface area (Å²) >= 11 is 0. The summed E-state index contributed by atoms with van der Waals surface area (Å²) in [5.41, 5.74) is 2.23. The van der Waals surface area contributed by atoms with Crippen LogP contribution >= 0.6 is 0 Å². The van der Waals surface area contributed by atoms with Crippen molar-refractivity contribution >= 4 is 5.69 Å². The lowest BCUT2D eigenvalue weighted by atomic mass is 9.84. The summed E-state index contributed by atoms with van der Waals surface area (Å²) in [6.45, 7) is 3.49. The molecule has 1 aromatic carbocycles. The lowest BCUT2D eigenvalue weighted by molar-refractivity contribution is -0.384. The maximum Gasteiger partial charge on any atom is 0.269 e. The molecule has 0 saturated carbocycles. The van der Waals surface area contributed by atoms with Crippen LogP contribution in [0.5, 0.6) is 11.8 Å². The van der Waals surface area contributed by atoms with Crippen LogP contribution in [-0.4, -0.2) is 25.1 Å². The van der Waals surface area contributed by atoms with E-state index in [-0.39, 0.29) is 17.1 Å². The van der Waals surface area contributed by atoms with Gasteiger partial charge in [0.05, 0.1) is 16.4 Å². The number of hydrogen-bond donors (Lipinski definition) is 2. The second kappa shape index (κ2) is 5.26. The van der Waals surface area contributed by atoms with Crippen LogP contribution in [0.3, 0.4) is 0 Å². The van der Waals surface area contributed by atoms with Gasteiger partial charge in [-0.2, -0.15) is 4.98 Å². The Hall–Kier alpha value is -3.49. The molecule has 0 spiro atoms. The molecule has 0 fully saturated rings. The Morgan fingerprint density at radius 2 is 1.88 bits per heavy atom. The largest absolute Gasteiger partial charge is 0.418 e. The van der Waals surface area contributed by atoms with E-state index in [9.17, 15) is 14.9 Å². The molecule has 1 aliphatic rings. The summed E-state index contributed by atoms with van der Waals surface area (Å²) in [7, 11) is 0. The number of nitrogens with one attached hydrogen (secondary N) is 2. The van der Waals surface area contributed by atoms with E-state index in [1.165, 1.54) is 12.1 Å². The van der Waals surface area contributed by atoms with Crippen molar-refractivity contribution < 1.29 is 9.66 Å². The van der Waals surface area contributed by atoms with E-state index < -0.39 is 10.8 Å². The van der Waals surface area contributed by atoms with Crippen LogP contribution in [0.15, 0.2) is 29.1 Å². The van der Waals surface area contributed by atoms with Gasteiger partial charge in [0.15, 0.2) is 0 Å². The minimum Gasteiger partial charge on any atom is -0.418 e. The molecule has 1 aliphatic heterocycles. The summed E-state index contributed by atoms with van der Waals surface area (Å²) in [6.07, 6.45) is 0. The average Bonchev–Trinajstić information content (AvgIpc) is 2.93. The number of non-ortho nitro benzene ring substituents is 1. The first-order valence-electron chi connectivity index (χ1n) is 7.53. The summed E-state index contributed by atoms with van der Waals surface area (Å²) in [6, 6.07) is 6.09. The van der Waals surface area contributed by atoms with Gasteiger partial charge in [-0.25, -0.2) is 0 Å². The fourth-order valence-corrected chi connectivity index (χ4v) is 3.09. The molecule has 0 saturated heterocycles. The van der Waals surface area contributed by atoms with Gasteiger partial charge < -0.3 is 9.72 Å². The first-order valence-corrected chi connectivity index (χ1v) is 7.53. The molecule has 2 N–H and O–H groups in total. The average molecular weight is 339 g/mol. The van der Waals surface area contributed by atoms with Crippen molar-refractivity contribution in [1.82, 2.24) is 20.2 Å². The molecule has 3 aromatic rings. The number of aryl methyl sites for hydroxylation is 2. The molecule has 25 heavy (non-hydrogen) atoms. The van der Waals surface area contributed by atoms with Crippen molar-refractivity contribution in [3.63, 3.8) is 0 Å². The number of H-pyrrole nitrogens is 2. The van der Waals surface area contributed by atoms with Crippen molar-refractivity contribution in [3.8, 4) is 11.8 Å². The van der Waals surface area contributed by atoms with Crippen molar-refractivity contribution in [2.75, 3.05) is 0 Å². The van der Waals surface area contributed by atoms with E-state index in [2.05, 4.69) is 20.2 Å². The highest BCUT2D eigenvalue weighted by atomic mass is 16.6. The third-order valence-electron chi connectivity index (χ3n) is 4.21. The topological polar surface area (TPSA) is 127 Å². The Kier molecular flexibility index (Phi) is 3.17. The number of nitrogens with zero attached hydrogens (tertiary/aromatic N) is 3. The number of aromatic amines is 2. The van der Waals surface area contributed by atoms with Gasteiger partial charge in [0.1, 0.15) is 5.82 Å². The van der Waals surface area contributed by atoms with Gasteiger partial charge in [-0.15, -0.1) is 5.10 Å². The summed E-state index contributed by atoms with van der Waals surface area (Å²) in [4.78, 5) is 30.0. The van der Waals surface area contributed by atoms with Gasteiger partial charge in [-0.3, -0.25) is 20.0 Å². The van der Waals surface area contributed by atoms with Crippen molar-refractivity contribution in [1.29, 1.82) is 0 Å². The summed E-state index contributed by atoms with van der Waals surface area (Å²) in [5.74, 6) is 0.506. The van der Waals surface area contributed by atoms with Crippen molar-refractivity contribution in [2.45, 2.75) is 19.8 Å². The Bertz CT molecular complexity index is 1050. The minimum atomic E-state index is -0.477. The van der Waals surface area contributed by atoms with Gasteiger partial charge in [-0.05, 0) is 19.4 Å². The van der Waals surface area contributed by atoms with E-state index in [4.69, 9.17) is 4.74 Å². The van der Waals surface area contributed by atoms with Gasteiger partial charge in [0.25, 0.3) is 11.2 Å². The van der Waals surface area contributed by atoms with E-state index >= 15 is 0 Å². The van der Waals surface area contributed by atoms with Crippen LogP contribution in [0.25, 0.3) is 0 Å². The maximum atomic E-state index is 12.6. The molecule has 4 rings (SSSR count). The Morgan fingerprint density at radius 3 is 2.56 bits per heavy atom. The second-order valence-corrected chi connectivity index (χ2v) is 5.82. The van der Waals surface area contributed by atoms with Gasteiger partial charge in [0, 0.05) is 23.4 Å². The smallest absolute Gasteiger partial charge is 0.269 e. The SMILES string of the molecule is Cc1nc2c(c(=O)[nH]1)C(c1ccc([N+](=O)[O-])cc1)c1c(n[nH]c1C)O2.